The Morgan fingerprint density at radius 1 is 1.44 bits per heavy atom. The number of carbonyl (C=O) groups excluding carboxylic acids is 1. The summed E-state index contributed by atoms with van der Waals surface area (Å²) in [4.78, 5) is 22.2. The van der Waals surface area contributed by atoms with Crippen LogP contribution >= 0.6 is 0 Å². The first-order valence-corrected chi connectivity index (χ1v) is 5.12. The van der Waals surface area contributed by atoms with Gasteiger partial charge >= 0.3 is 12.0 Å². The molecule has 0 saturated carbocycles. The SMILES string of the molecule is COCCNC(=O)Nc1cccc(F)c1C(=O)O. The fourth-order valence-corrected chi connectivity index (χ4v) is 1.28. The number of urea groups is 1. The number of carboxylic acid groups (broad SMARTS) is 1. The van der Waals surface area contributed by atoms with E-state index in [4.69, 9.17) is 9.84 Å². The maximum Gasteiger partial charge on any atom is 0.340 e. The number of ether oxygens (including phenoxy) is 1. The van der Waals surface area contributed by atoms with Crippen molar-refractivity contribution in [3.8, 4) is 0 Å². The summed E-state index contributed by atoms with van der Waals surface area (Å²) in [5, 5.41) is 13.5. The van der Waals surface area contributed by atoms with Gasteiger partial charge in [-0.25, -0.2) is 14.0 Å². The van der Waals surface area contributed by atoms with Crippen molar-refractivity contribution >= 4 is 17.7 Å². The molecule has 0 aromatic heterocycles. The Bertz CT molecular complexity index is 451. The minimum Gasteiger partial charge on any atom is -0.478 e. The molecule has 0 bridgehead atoms. The number of carbonyl (C=O) groups is 2. The number of amides is 2. The molecule has 1 aromatic rings. The highest BCUT2D eigenvalue weighted by Gasteiger charge is 2.16. The van der Waals surface area contributed by atoms with Crippen molar-refractivity contribution in [2.75, 3.05) is 25.6 Å². The van der Waals surface area contributed by atoms with Gasteiger partial charge in [0, 0.05) is 13.7 Å². The van der Waals surface area contributed by atoms with Crippen LogP contribution in [0.5, 0.6) is 0 Å². The van der Waals surface area contributed by atoms with E-state index in [1.165, 1.54) is 19.2 Å². The zero-order chi connectivity index (χ0) is 13.5. The monoisotopic (exact) mass is 256 g/mol. The van der Waals surface area contributed by atoms with Crippen molar-refractivity contribution in [3.63, 3.8) is 0 Å². The molecule has 0 aliphatic rings. The zero-order valence-corrected chi connectivity index (χ0v) is 9.70. The van der Waals surface area contributed by atoms with Crippen LogP contribution < -0.4 is 10.6 Å². The van der Waals surface area contributed by atoms with E-state index in [9.17, 15) is 14.0 Å². The van der Waals surface area contributed by atoms with Crippen LogP contribution in [0.3, 0.4) is 0 Å². The highest BCUT2D eigenvalue weighted by Crippen LogP contribution is 2.18. The van der Waals surface area contributed by atoms with Crippen LogP contribution in [0.25, 0.3) is 0 Å². The van der Waals surface area contributed by atoms with Gasteiger partial charge in [0.2, 0.25) is 0 Å². The van der Waals surface area contributed by atoms with Gasteiger partial charge in [-0.3, -0.25) is 0 Å². The summed E-state index contributed by atoms with van der Waals surface area (Å²) in [7, 11) is 1.48. The van der Waals surface area contributed by atoms with Crippen molar-refractivity contribution in [1.82, 2.24) is 5.32 Å². The lowest BCUT2D eigenvalue weighted by molar-refractivity contribution is 0.0693. The molecule has 1 rings (SSSR count). The second-order valence-electron chi connectivity index (χ2n) is 3.34. The molecule has 6 nitrogen and oxygen atoms in total. The van der Waals surface area contributed by atoms with Crippen molar-refractivity contribution in [2.45, 2.75) is 0 Å². The van der Waals surface area contributed by atoms with Gasteiger partial charge in [0.05, 0.1) is 12.3 Å². The number of methoxy groups -OCH3 is 1. The normalized spacial score (nSPS) is 9.89. The molecule has 0 aliphatic carbocycles. The van der Waals surface area contributed by atoms with Crippen molar-refractivity contribution in [1.29, 1.82) is 0 Å². The van der Waals surface area contributed by atoms with Gasteiger partial charge in [0.15, 0.2) is 0 Å². The molecule has 0 unspecified atom stereocenters. The van der Waals surface area contributed by atoms with Crippen LogP contribution in [-0.2, 0) is 4.74 Å². The number of benzene rings is 1. The van der Waals surface area contributed by atoms with Crippen LogP contribution in [-0.4, -0.2) is 37.4 Å². The molecule has 0 spiro atoms. The summed E-state index contributed by atoms with van der Waals surface area (Å²) in [6, 6.07) is 3.01. The van der Waals surface area contributed by atoms with E-state index >= 15 is 0 Å². The number of rotatable bonds is 5. The largest absolute Gasteiger partial charge is 0.478 e. The predicted molar refractivity (Wildman–Crippen MR) is 62.3 cm³/mol. The van der Waals surface area contributed by atoms with E-state index in [1.807, 2.05) is 0 Å². The lowest BCUT2D eigenvalue weighted by Crippen LogP contribution is -2.32. The molecule has 3 N–H and O–H groups in total. The number of carboxylic acids is 1. The molecule has 0 saturated heterocycles. The van der Waals surface area contributed by atoms with Gasteiger partial charge in [-0.05, 0) is 12.1 Å². The maximum absolute atomic E-state index is 13.3. The quantitative estimate of drug-likeness (QED) is 0.693. The Hall–Kier alpha value is -2.15. The van der Waals surface area contributed by atoms with Crippen LogP contribution in [0.4, 0.5) is 14.9 Å². The summed E-state index contributed by atoms with van der Waals surface area (Å²) < 4.78 is 18.0. The van der Waals surface area contributed by atoms with Crippen LogP contribution in [0.2, 0.25) is 0 Å². The van der Waals surface area contributed by atoms with E-state index in [1.54, 1.807) is 0 Å². The van der Waals surface area contributed by atoms with Gasteiger partial charge in [0.25, 0.3) is 0 Å². The number of aromatic carboxylic acids is 1. The molecule has 0 atom stereocenters. The van der Waals surface area contributed by atoms with Gasteiger partial charge in [-0.2, -0.15) is 0 Å². The van der Waals surface area contributed by atoms with Gasteiger partial charge in [0.1, 0.15) is 11.4 Å². The molecule has 0 fully saturated rings. The minimum absolute atomic E-state index is 0.0996. The second kappa shape index (κ2) is 6.55. The standard InChI is InChI=1S/C11H13FN2O4/c1-18-6-5-13-11(17)14-8-4-2-3-7(12)9(8)10(15)16/h2-4H,5-6H2,1H3,(H,15,16)(H2,13,14,17). The van der Waals surface area contributed by atoms with Gasteiger partial charge < -0.3 is 20.5 Å². The van der Waals surface area contributed by atoms with Crippen molar-refractivity contribution in [2.24, 2.45) is 0 Å². The van der Waals surface area contributed by atoms with Crippen LogP contribution in [0.1, 0.15) is 10.4 Å². The van der Waals surface area contributed by atoms with E-state index in [2.05, 4.69) is 10.6 Å². The Morgan fingerprint density at radius 3 is 2.78 bits per heavy atom. The Labute approximate surface area is 103 Å². The first-order valence-electron chi connectivity index (χ1n) is 5.12. The summed E-state index contributed by atoms with van der Waals surface area (Å²) in [5.41, 5.74) is -0.670. The molecule has 2 amide bonds. The predicted octanol–water partition coefficient (Wildman–Crippen LogP) is 1.29. The molecule has 18 heavy (non-hydrogen) atoms. The summed E-state index contributed by atoms with van der Waals surface area (Å²) in [5.74, 6) is -2.35. The van der Waals surface area contributed by atoms with Gasteiger partial charge in [-0.1, -0.05) is 6.07 Å². The second-order valence-corrected chi connectivity index (χ2v) is 3.34. The van der Waals surface area contributed by atoms with Crippen LogP contribution in [0.15, 0.2) is 18.2 Å². The van der Waals surface area contributed by atoms with E-state index in [0.29, 0.717) is 6.61 Å². The fourth-order valence-electron chi connectivity index (χ4n) is 1.28. The van der Waals surface area contributed by atoms with Crippen LogP contribution in [0, 0.1) is 5.82 Å². The number of nitrogens with one attached hydrogen (secondary N) is 2. The van der Waals surface area contributed by atoms with E-state index in [-0.39, 0.29) is 12.2 Å². The minimum atomic E-state index is -1.44. The molecule has 98 valence electrons. The lowest BCUT2D eigenvalue weighted by atomic mass is 10.1. The van der Waals surface area contributed by atoms with E-state index in [0.717, 1.165) is 6.07 Å². The number of halogens is 1. The molecule has 0 radical (unpaired) electrons. The summed E-state index contributed by atoms with van der Waals surface area (Å²) in [6.45, 7) is 0.586. The highest BCUT2D eigenvalue weighted by molar-refractivity contribution is 6.00. The highest BCUT2D eigenvalue weighted by atomic mass is 19.1. The van der Waals surface area contributed by atoms with Crippen molar-refractivity contribution in [3.05, 3.63) is 29.6 Å². The third-order valence-electron chi connectivity index (χ3n) is 2.07. The Kier molecular flexibility index (Phi) is 5.06. The third-order valence-corrected chi connectivity index (χ3v) is 2.07. The Balaban J connectivity index is 2.75. The summed E-state index contributed by atoms with van der Waals surface area (Å²) >= 11 is 0. The smallest absolute Gasteiger partial charge is 0.340 e. The molecular weight excluding hydrogens is 243 g/mol. The molecule has 0 heterocycles. The number of hydrogen-bond donors (Lipinski definition) is 3. The molecule has 7 heteroatoms. The average molecular weight is 256 g/mol. The first kappa shape index (κ1) is 13.9. The first-order chi connectivity index (χ1) is 8.56. The molecule has 0 aliphatic heterocycles. The Morgan fingerprint density at radius 2 is 2.17 bits per heavy atom. The van der Waals surface area contributed by atoms with E-state index < -0.39 is 23.4 Å². The summed E-state index contributed by atoms with van der Waals surface area (Å²) in [6.07, 6.45) is 0. The molecular formula is C11H13FN2O4. The fraction of sp³-hybridized carbons (Fsp3) is 0.273. The van der Waals surface area contributed by atoms with Crippen molar-refractivity contribution < 1.29 is 23.8 Å². The number of hydrogen-bond acceptors (Lipinski definition) is 3. The number of anilines is 1. The lowest BCUT2D eigenvalue weighted by Gasteiger charge is -2.10. The van der Waals surface area contributed by atoms with Gasteiger partial charge in [-0.15, -0.1) is 0 Å². The molecule has 1 aromatic carbocycles. The zero-order valence-electron chi connectivity index (χ0n) is 9.70. The third kappa shape index (κ3) is 3.70. The average Bonchev–Trinajstić information content (AvgIpc) is 2.28. The maximum atomic E-state index is 13.3. The topological polar surface area (TPSA) is 87.7 Å².